The van der Waals surface area contributed by atoms with E-state index in [0.29, 0.717) is 30.2 Å². The summed E-state index contributed by atoms with van der Waals surface area (Å²) in [6.45, 7) is 4.27. The predicted octanol–water partition coefficient (Wildman–Crippen LogP) is 4.14. The van der Waals surface area contributed by atoms with Crippen molar-refractivity contribution in [3.8, 4) is 11.5 Å². The van der Waals surface area contributed by atoms with Crippen LogP contribution in [0.25, 0.3) is 0 Å². The van der Waals surface area contributed by atoms with E-state index in [1.807, 2.05) is 31.2 Å². The maximum atomic E-state index is 13.6. The Hall–Kier alpha value is -3.27. The Bertz CT molecular complexity index is 1280. The minimum Gasteiger partial charge on any atom is -0.454 e. The Morgan fingerprint density at radius 3 is 2.49 bits per heavy atom. The lowest BCUT2D eigenvalue weighted by molar-refractivity contribution is -0.141. The number of sulfonamides is 1. The molecule has 212 valence electrons. The quantitative estimate of drug-likeness (QED) is 0.445. The molecular weight excluding hydrogens is 518 g/mol. The van der Waals surface area contributed by atoms with Crippen molar-refractivity contribution in [2.24, 2.45) is 0 Å². The van der Waals surface area contributed by atoms with Gasteiger partial charge in [0.1, 0.15) is 6.04 Å². The molecule has 0 aromatic heterocycles. The van der Waals surface area contributed by atoms with Crippen LogP contribution in [0.4, 0.5) is 5.69 Å². The van der Waals surface area contributed by atoms with Gasteiger partial charge in [-0.3, -0.25) is 13.9 Å². The van der Waals surface area contributed by atoms with E-state index in [2.05, 4.69) is 5.32 Å². The fourth-order valence-corrected chi connectivity index (χ4v) is 6.12. The first kappa shape index (κ1) is 28.7. The molecule has 1 N–H and O–H groups in total. The number of rotatable bonds is 11. The first-order chi connectivity index (χ1) is 18.6. The molecule has 0 saturated heterocycles. The number of anilines is 1. The van der Waals surface area contributed by atoms with Gasteiger partial charge in [-0.15, -0.1) is 0 Å². The second kappa shape index (κ2) is 12.7. The van der Waals surface area contributed by atoms with Crippen LogP contribution in [0, 0.1) is 6.92 Å². The van der Waals surface area contributed by atoms with Crippen LogP contribution in [0.1, 0.15) is 63.0 Å². The standard InChI is InChI=1S/C29H39N3O6S/c1-21-10-7-8-11-23(21)19-31(22(2)29(34)30-24-12-5-4-6-13-24)28(33)14-9-17-32(39(3,35)36)25-15-16-26-27(18-25)38-20-37-26/h7-8,10-11,15-16,18,22,24H,4-6,9,12-14,17,19-20H2,1-3H3,(H,30,34). The number of hydrogen-bond donors (Lipinski definition) is 1. The Labute approximate surface area is 231 Å². The van der Waals surface area contributed by atoms with Crippen LogP contribution in [0.5, 0.6) is 11.5 Å². The molecule has 4 rings (SSSR count). The summed E-state index contributed by atoms with van der Waals surface area (Å²) in [4.78, 5) is 28.4. The van der Waals surface area contributed by atoms with Gasteiger partial charge in [0.15, 0.2) is 11.5 Å². The Kier molecular flexibility index (Phi) is 9.37. The maximum Gasteiger partial charge on any atom is 0.242 e. The van der Waals surface area contributed by atoms with Crippen molar-refractivity contribution < 1.29 is 27.5 Å². The zero-order valence-electron chi connectivity index (χ0n) is 23.0. The fourth-order valence-electron chi connectivity index (χ4n) is 5.17. The van der Waals surface area contributed by atoms with Gasteiger partial charge in [-0.05, 0) is 56.4 Å². The molecule has 1 unspecified atom stereocenters. The number of amides is 2. The normalized spacial score (nSPS) is 16.0. The van der Waals surface area contributed by atoms with Crippen LogP contribution in [-0.2, 0) is 26.2 Å². The molecular formula is C29H39N3O6S. The molecule has 1 aliphatic carbocycles. The van der Waals surface area contributed by atoms with Gasteiger partial charge in [0, 0.05) is 31.6 Å². The molecule has 0 spiro atoms. The number of nitrogens with one attached hydrogen (secondary N) is 1. The van der Waals surface area contributed by atoms with Crippen LogP contribution in [0.2, 0.25) is 0 Å². The van der Waals surface area contributed by atoms with Crippen LogP contribution in [-0.4, -0.2) is 56.8 Å². The van der Waals surface area contributed by atoms with Crippen molar-refractivity contribution >= 4 is 27.5 Å². The van der Waals surface area contributed by atoms with E-state index in [0.717, 1.165) is 43.1 Å². The molecule has 1 aliphatic heterocycles. The average molecular weight is 558 g/mol. The summed E-state index contributed by atoms with van der Waals surface area (Å²) in [6.07, 6.45) is 6.86. The third-order valence-electron chi connectivity index (χ3n) is 7.52. The monoisotopic (exact) mass is 557 g/mol. The van der Waals surface area contributed by atoms with Gasteiger partial charge in [-0.1, -0.05) is 43.5 Å². The molecule has 1 heterocycles. The van der Waals surface area contributed by atoms with Gasteiger partial charge in [-0.25, -0.2) is 8.42 Å². The molecule has 1 saturated carbocycles. The zero-order valence-corrected chi connectivity index (χ0v) is 23.8. The van der Waals surface area contributed by atoms with Crippen molar-refractivity contribution in [1.82, 2.24) is 10.2 Å². The number of benzene rings is 2. The van der Waals surface area contributed by atoms with Crippen molar-refractivity contribution in [3.63, 3.8) is 0 Å². The number of nitrogens with zero attached hydrogens (tertiary/aromatic N) is 2. The third kappa shape index (κ3) is 7.44. The Morgan fingerprint density at radius 1 is 1.05 bits per heavy atom. The van der Waals surface area contributed by atoms with E-state index in [4.69, 9.17) is 9.47 Å². The summed E-state index contributed by atoms with van der Waals surface area (Å²) in [5.74, 6) is 0.708. The van der Waals surface area contributed by atoms with Crippen LogP contribution >= 0.6 is 0 Å². The number of hydrogen-bond acceptors (Lipinski definition) is 6. The van der Waals surface area contributed by atoms with Gasteiger partial charge in [0.05, 0.1) is 11.9 Å². The van der Waals surface area contributed by atoms with Crippen LogP contribution in [0.3, 0.4) is 0 Å². The number of ether oxygens (including phenoxy) is 2. The van der Waals surface area contributed by atoms with Crippen LogP contribution < -0.4 is 19.1 Å². The molecule has 2 aliphatic rings. The Balaban J connectivity index is 1.45. The molecule has 1 fully saturated rings. The highest BCUT2D eigenvalue weighted by molar-refractivity contribution is 7.92. The summed E-state index contributed by atoms with van der Waals surface area (Å²) in [5, 5.41) is 3.15. The summed E-state index contributed by atoms with van der Waals surface area (Å²) in [5.41, 5.74) is 2.47. The molecule has 39 heavy (non-hydrogen) atoms. The van der Waals surface area contributed by atoms with Gasteiger partial charge in [0.25, 0.3) is 0 Å². The van der Waals surface area contributed by atoms with Gasteiger partial charge < -0.3 is 19.7 Å². The second-order valence-corrected chi connectivity index (χ2v) is 12.4. The van der Waals surface area contributed by atoms with E-state index >= 15 is 0 Å². The number of carbonyl (C=O) groups excluding carboxylic acids is 2. The van der Waals surface area contributed by atoms with E-state index < -0.39 is 16.1 Å². The lowest BCUT2D eigenvalue weighted by Gasteiger charge is -2.32. The van der Waals surface area contributed by atoms with Crippen LogP contribution in [0.15, 0.2) is 42.5 Å². The van der Waals surface area contributed by atoms with E-state index in [9.17, 15) is 18.0 Å². The minimum absolute atomic E-state index is 0.0927. The van der Waals surface area contributed by atoms with E-state index in [1.54, 1.807) is 30.0 Å². The van der Waals surface area contributed by atoms with E-state index in [-0.39, 0.29) is 37.6 Å². The largest absolute Gasteiger partial charge is 0.454 e. The molecule has 2 aromatic carbocycles. The summed E-state index contributed by atoms with van der Waals surface area (Å²) < 4.78 is 37.2. The first-order valence-corrected chi connectivity index (χ1v) is 15.5. The number of fused-ring (bicyclic) bond motifs is 1. The molecule has 10 heteroatoms. The van der Waals surface area contributed by atoms with Gasteiger partial charge in [0.2, 0.25) is 28.6 Å². The first-order valence-electron chi connectivity index (χ1n) is 13.6. The lowest BCUT2D eigenvalue weighted by Crippen LogP contribution is -2.50. The van der Waals surface area contributed by atoms with Gasteiger partial charge in [-0.2, -0.15) is 0 Å². The molecule has 2 amide bonds. The van der Waals surface area contributed by atoms with E-state index in [1.165, 1.54) is 10.7 Å². The molecule has 0 radical (unpaired) electrons. The Morgan fingerprint density at radius 2 is 1.77 bits per heavy atom. The minimum atomic E-state index is -3.61. The average Bonchev–Trinajstić information content (AvgIpc) is 3.38. The molecule has 9 nitrogen and oxygen atoms in total. The predicted molar refractivity (Wildman–Crippen MR) is 150 cm³/mol. The second-order valence-electron chi connectivity index (χ2n) is 10.4. The van der Waals surface area contributed by atoms with Crippen molar-refractivity contribution in [3.05, 3.63) is 53.6 Å². The summed E-state index contributed by atoms with van der Waals surface area (Å²) in [6, 6.07) is 12.3. The molecule has 2 aromatic rings. The topological polar surface area (TPSA) is 105 Å². The SMILES string of the molecule is Cc1ccccc1CN(C(=O)CCCN(c1ccc2c(c1)OCO2)S(C)(=O)=O)C(C)C(=O)NC1CCCCC1. The highest BCUT2D eigenvalue weighted by Crippen LogP contribution is 2.36. The fraction of sp³-hybridized carbons (Fsp3) is 0.517. The lowest BCUT2D eigenvalue weighted by atomic mass is 9.95. The highest BCUT2D eigenvalue weighted by atomic mass is 32.2. The highest BCUT2D eigenvalue weighted by Gasteiger charge is 2.29. The van der Waals surface area contributed by atoms with Crippen molar-refractivity contribution in [1.29, 1.82) is 0 Å². The summed E-state index contributed by atoms with van der Waals surface area (Å²) >= 11 is 0. The maximum absolute atomic E-state index is 13.6. The van der Waals surface area contributed by atoms with Gasteiger partial charge >= 0.3 is 0 Å². The molecule has 1 atom stereocenters. The summed E-state index contributed by atoms with van der Waals surface area (Å²) in [7, 11) is -3.61. The molecule has 0 bridgehead atoms. The van der Waals surface area contributed by atoms with Crippen molar-refractivity contribution in [2.45, 2.75) is 77.4 Å². The number of aryl methyl sites for hydroxylation is 1. The van der Waals surface area contributed by atoms with Crippen molar-refractivity contribution in [2.75, 3.05) is 23.9 Å². The third-order valence-corrected chi connectivity index (χ3v) is 8.71. The number of carbonyl (C=O) groups is 2. The smallest absolute Gasteiger partial charge is 0.242 e. The zero-order chi connectivity index (χ0) is 28.0.